The number of hydrogen-bond acceptors (Lipinski definition) is 3. The molecule has 0 aromatic heterocycles. The fraction of sp³-hybridized carbons (Fsp3) is 0.273. The molecule has 4 heteroatoms. The summed E-state index contributed by atoms with van der Waals surface area (Å²) in [5.41, 5.74) is 0.616. The molecular weight excluding hydrogens is 210 g/mol. The van der Waals surface area contributed by atoms with E-state index < -0.39 is 5.97 Å². The summed E-state index contributed by atoms with van der Waals surface area (Å²) in [6.07, 6.45) is 0. The van der Waals surface area contributed by atoms with Crippen molar-refractivity contribution >= 4 is 17.7 Å². The van der Waals surface area contributed by atoms with Gasteiger partial charge in [-0.25, -0.2) is 0 Å². The van der Waals surface area contributed by atoms with Crippen LogP contribution in [0.1, 0.15) is 12.5 Å². The summed E-state index contributed by atoms with van der Waals surface area (Å²) in [4.78, 5) is 11.6. The van der Waals surface area contributed by atoms with Crippen molar-refractivity contribution in [3.63, 3.8) is 0 Å². The summed E-state index contributed by atoms with van der Waals surface area (Å²) in [7, 11) is 0. The summed E-state index contributed by atoms with van der Waals surface area (Å²) in [6, 6.07) is 9.16. The van der Waals surface area contributed by atoms with Gasteiger partial charge in [0.05, 0.1) is 17.6 Å². The van der Waals surface area contributed by atoms with Crippen molar-refractivity contribution in [2.24, 2.45) is 5.92 Å². The number of hydrogen-bond donors (Lipinski definition) is 1. The molecule has 1 rings (SSSR count). The van der Waals surface area contributed by atoms with Gasteiger partial charge in [0.25, 0.3) is 0 Å². The van der Waals surface area contributed by atoms with Crippen LogP contribution in [0, 0.1) is 17.2 Å². The maximum absolute atomic E-state index is 10.6. The normalized spacial score (nSPS) is 11.7. The number of rotatable bonds is 4. The average molecular weight is 221 g/mol. The first kappa shape index (κ1) is 11.6. The molecular formula is C11H11NO2S. The van der Waals surface area contributed by atoms with Crippen LogP contribution in [0.25, 0.3) is 0 Å². The highest BCUT2D eigenvalue weighted by Gasteiger charge is 2.10. The lowest BCUT2D eigenvalue weighted by molar-refractivity contribution is -0.140. The number of carbonyl (C=O) groups is 1. The minimum atomic E-state index is -0.781. The Kier molecular flexibility index (Phi) is 4.19. The molecule has 0 saturated carbocycles. The Morgan fingerprint density at radius 1 is 1.53 bits per heavy atom. The Morgan fingerprint density at radius 2 is 2.13 bits per heavy atom. The van der Waals surface area contributed by atoms with Crippen LogP contribution < -0.4 is 0 Å². The van der Waals surface area contributed by atoms with Gasteiger partial charge >= 0.3 is 5.97 Å². The van der Waals surface area contributed by atoms with Crippen molar-refractivity contribution in [2.75, 3.05) is 5.75 Å². The van der Waals surface area contributed by atoms with E-state index in [0.29, 0.717) is 11.3 Å². The zero-order valence-corrected chi connectivity index (χ0v) is 9.12. The first-order valence-electron chi connectivity index (χ1n) is 4.49. The molecule has 0 bridgehead atoms. The molecule has 78 valence electrons. The zero-order valence-electron chi connectivity index (χ0n) is 8.30. The van der Waals surface area contributed by atoms with Crippen molar-refractivity contribution in [1.29, 1.82) is 5.26 Å². The predicted molar refractivity (Wildman–Crippen MR) is 58.7 cm³/mol. The van der Waals surface area contributed by atoms with Gasteiger partial charge in [-0.3, -0.25) is 4.79 Å². The standard InChI is InChI=1S/C11H11NO2S/c1-8(11(13)14)7-15-10-4-2-9(6-12)3-5-10/h2-5,8H,7H2,1H3,(H,13,14). The first-order valence-corrected chi connectivity index (χ1v) is 5.48. The molecule has 3 nitrogen and oxygen atoms in total. The molecule has 0 aliphatic carbocycles. The van der Waals surface area contributed by atoms with Crippen LogP contribution in [0.5, 0.6) is 0 Å². The van der Waals surface area contributed by atoms with Crippen LogP contribution >= 0.6 is 11.8 Å². The van der Waals surface area contributed by atoms with Crippen LogP contribution in [0.2, 0.25) is 0 Å². The van der Waals surface area contributed by atoms with E-state index in [4.69, 9.17) is 10.4 Å². The lowest BCUT2D eigenvalue weighted by Crippen LogP contribution is -2.11. The summed E-state index contributed by atoms with van der Waals surface area (Å²) >= 11 is 1.49. The average Bonchev–Trinajstić information content (AvgIpc) is 2.26. The third kappa shape index (κ3) is 3.64. The van der Waals surface area contributed by atoms with Gasteiger partial charge in [-0.2, -0.15) is 5.26 Å². The van der Waals surface area contributed by atoms with E-state index in [1.165, 1.54) is 11.8 Å². The molecule has 0 spiro atoms. The van der Waals surface area contributed by atoms with Crippen molar-refractivity contribution in [3.8, 4) is 6.07 Å². The van der Waals surface area contributed by atoms with Gasteiger partial charge in [-0.05, 0) is 24.3 Å². The SMILES string of the molecule is CC(CSc1ccc(C#N)cc1)C(=O)O. The van der Waals surface area contributed by atoms with E-state index in [0.717, 1.165) is 4.90 Å². The minimum absolute atomic E-state index is 0.356. The molecule has 0 saturated heterocycles. The Labute approximate surface area is 92.7 Å². The summed E-state index contributed by atoms with van der Waals surface area (Å²) in [5, 5.41) is 17.3. The van der Waals surface area contributed by atoms with Crippen molar-refractivity contribution in [1.82, 2.24) is 0 Å². The van der Waals surface area contributed by atoms with Gasteiger partial charge in [-0.15, -0.1) is 11.8 Å². The Hall–Kier alpha value is -1.47. The second-order valence-corrected chi connectivity index (χ2v) is 4.28. The third-order valence-electron chi connectivity index (χ3n) is 1.90. The van der Waals surface area contributed by atoms with Crippen molar-refractivity contribution in [2.45, 2.75) is 11.8 Å². The number of aliphatic carboxylic acids is 1. The van der Waals surface area contributed by atoms with Gasteiger partial charge in [0, 0.05) is 10.6 Å². The molecule has 1 aromatic carbocycles. The van der Waals surface area contributed by atoms with Crippen molar-refractivity contribution in [3.05, 3.63) is 29.8 Å². The number of thioether (sulfide) groups is 1. The van der Waals surface area contributed by atoms with E-state index in [1.54, 1.807) is 19.1 Å². The third-order valence-corrected chi connectivity index (χ3v) is 3.18. The quantitative estimate of drug-likeness (QED) is 0.793. The maximum atomic E-state index is 10.6. The number of benzene rings is 1. The van der Waals surface area contributed by atoms with Gasteiger partial charge in [0.2, 0.25) is 0 Å². The molecule has 0 radical (unpaired) electrons. The zero-order chi connectivity index (χ0) is 11.3. The van der Waals surface area contributed by atoms with Crippen LogP contribution in [-0.4, -0.2) is 16.8 Å². The van der Waals surface area contributed by atoms with Crippen LogP contribution in [0.3, 0.4) is 0 Å². The molecule has 0 aliphatic rings. The van der Waals surface area contributed by atoms with Gasteiger partial charge in [0.15, 0.2) is 0 Å². The fourth-order valence-corrected chi connectivity index (χ4v) is 1.83. The molecule has 0 amide bonds. The molecule has 0 heterocycles. The molecule has 15 heavy (non-hydrogen) atoms. The number of nitriles is 1. The predicted octanol–water partition coefficient (Wildman–Crippen LogP) is 2.37. The highest BCUT2D eigenvalue weighted by Crippen LogP contribution is 2.20. The van der Waals surface area contributed by atoms with E-state index in [-0.39, 0.29) is 5.92 Å². The molecule has 1 unspecified atom stereocenters. The van der Waals surface area contributed by atoms with Gasteiger partial charge in [-0.1, -0.05) is 6.92 Å². The molecule has 1 aromatic rings. The van der Waals surface area contributed by atoms with Crippen LogP contribution in [0.4, 0.5) is 0 Å². The Balaban J connectivity index is 2.52. The first-order chi connectivity index (χ1) is 7.13. The lowest BCUT2D eigenvalue weighted by Gasteiger charge is -2.05. The van der Waals surface area contributed by atoms with Crippen LogP contribution in [-0.2, 0) is 4.79 Å². The molecule has 0 aliphatic heterocycles. The Morgan fingerprint density at radius 3 is 2.60 bits per heavy atom. The number of carboxylic acid groups (broad SMARTS) is 1. The van der Waals surface area contributed by atoms with Crippen LogP contribution in [0.15, 0.2) is 29.2 Å². The molecule has 1 atom stereocenters. The topological polar surface area (TPSA) is 61.1 Å². The Bertz CT molecular complexity index is 381. The summed E-state index contributed by atoms with van der Waals surface area (Å²) in [5.74, 6) is -0.594. The van der Waals surface area contributed by atoms with E-state index >= 15 is 0 Å². The highest BCUT2D eigenvalue weighted by molar-refractivity contribution is 7.99. The number of nitrogens with zero attached hydrogens (tertiary/aromatic N) is 1. The minimum Gasteiger partial charge on any atom is -0.481 e. The second-order valence-electron chi connectivity index (χ2n) is 3.19. The van der Waals surface area contributed by atoms with Gasteiger partial charge in [0.1, 0.15) is 0 Å². The molecule has 0 fully saturated rings. The molecule has 1 N–H and O–H groups in total. The van der Waals surface area contributed by atoms with Gasteiger partial charge < -0.3 is 5.11 Å². The monoisotopic (exact) mass is 221 g/mol. The van der Waals surface area contributed by atoms with E-state index in [1.807, 2.05) is 18.2 Å². The van der Waals surface area contributed by atoms with E-state index in [2.05, 4.69) is 0 Å². The maximum Gasteiger partial charge on any atom is 0.307 e. The lowest BCUT2D eigenvalue weighted by atomic mass is 10.2. The van der Waals surface area contributed by atoms with E-state index in [9.17, 15) is 4.79 Å². The fourth-order valence-electron chi connectivity index (χ4n) is 0.918. The number of carboxylic acids is 1. The summed E-state index contributed by atoms with van der Waals surface area (Å²) < 4.78 is 0. The largest absolute Gasteiger partial charge is 0.481 e. The van der Waals surface area contributed by atoms with Crippen molar-refractivity contribution < 1.29 is 9.90 Å². The summed E-state index contributed by atoms with van der Waals surface area (Å²) in [6.45, 7) is 1.68. The highest BCUT2D eigenvalue weighted by atomic mass is 32.2. The second kappa shape index (κ2) is 5.42. The smallest absolute Gasteiger partial charge is 0.307 e.